The lowest BCUT2D eigenvalue weighted by molar-refractivity contribution is 0.0724. The molecule has 4 heteroatoms. The van der Waals surface area contributed by atoms with E-state index in [2.05, 4.69) is 6.92 Å². The van der Waals surface area contributed by atoms with Crippen molar-refractivity contribution in [2.75, 3.05) is 33.4 Å². The molecule has 0 aromatic heterocycles. The van der Waals surface area contributed by atoms with E-state index in [4.69, 9.17) is 9.47 Å². The van der Waals surface area contributed by atoms with Gasteiger partial charge in [0.15, 0.2) is 0 Å². The second-order valence-corrected chi connectivity index (χ2v) is 4.13. The molecule has 1 fully saturated rings. The number of likely N-dealkylation sites (tertiary alicyclic amines) is 1. The largest absolute Gasteiger partial charge is 0.447 e. The number of carbonyl (C=O) groups is 1. The molecule has 1 unspecified atom stereocenters. The van der Waals surface area contributed by atoms with Gasteiger partial charge in [0.2, 0.25) is 0 Å². The van der Waals surface area contributed by atoms with Crippen LogP contribution in [0.3, 0.4) is 0 Å². The van der Waals surface area contributed by atoms with Crippen LogP contribution in [0.25, 0.3) is 0 Å². The van der Waals surface area contributed by atoms with Crippen molar-refractivity contribution >= 4 is 6.09 Å². The standard InChI is InChI=1S/C11H21NO3.C2H6/c1-10-4-3-6-12(7-5-10)11(13)15-9-8-14-2;1-2/h10H,3-9H2,1-2H3;1-2H3. The predicted molar refractivity (Wildman–Crippen MR) is 69.2 cm³/mol. The van der Waals surface area contributed by atoms with Crippen molar-refractivity contribution in [1.82, 2.24) is 4.90 Å². The van der Waals surface area contributed by atoms with Crippen molar-refractivity contribution < 1.29 is 14.3 Å². The first kappa shape index (κ1) is 16.2. The lowest BCUT2D eigenvalue weighted by atomic mass is 10.0. The number of nitrogens with zero attached hydrogens (tertiary/aromatic N) is 1. The highest BCUT2D eigenvalue weighted by atomic mass is 16.6. The number of hydrogen-bond acceptors (Lipinski definition) is 3. The fraction of sp³-hybridized carbons (Fsp3) is 0.923. The molecule has 0 N–H and O–H groups in total. The van der Waals surface area contributed by atoms with E-state index in [0.717, 1.165) is 31.8 Å². The van der Waals surface area contributed by atoms with Crippen LogP contribution in [0.2, 0.25) is 0 Å². The Hall–Kier alpha value is -0.770. The average Bonchev–Trinajstić information content (AvgIpc) is 2.57. The maximum Gasteiger partial charge on any atom is 0.409 e. The molecule has 1 saturated heterocycles. The van der Waals surface area contributed by atoms with E-state index >= 15 is 0 Å². The molecule has 0 aliphatic carbocycles. The molecule has 1 atom stereocenters. The van der Waals surface area contributed by atoms with Gasteiger partial charge in [0.05, 0.1) is 6.61 Å². The third-order valence-electron chi connectivity index (χ3n) is 2.79. The summed E-state index contributed by atoms with van der Waals surface area (Å²) in [5.74, 6) is 0.724. The number of methoxy groups -OCH3 is 1. The second-order valence-electron chi connectivity index (χ2n) is 4.13. The second kappa shape index (κ2) is 10.4. The zero-order valence-electron chi connectivity index (χ0n) is 11.7. The van der Waals surface area contributed by atoms with Crippen LogP contribution in [-0.4, -0.2) is 44.4 Å². The summed E-state index contributed by atoms with van der Waals surface area (Å²) < 4.78 is 9.90. The summed E-state index contributed by atoms with van der Waals surface area (Å²) in [4.78, 5) is 13.4. The van der Waals surface area contributed by atoms with Gasteiger partial charge in [0.25, 0.3) is 0 Å². The maximum atomic E-state index is 11.6. The average molecular weight is 245 g/mol. The van der Waals surface area contributed by atoms with Crippen molar-refractivity contribution in [2.24, 2.45) is 5.92 Å². The number of carbonyl (C=O) groups excluding carboxylic acids is 1. The summed E-state index contributed by atoms with van der Waals surface area (Å²) >= 11 is 0. The van der Waals surface area contributed by atoms with E-state index in [1.807, 2.05) is 13.8 Å². The number of ether oxygens (including phenoxy) is 2. The van der Waals surface area contributed by atoms with Gasteiger partial charge in [-0.15, -0.1) is 0 Å². The third-order valence-corrected chi connectivity index (χ3v) is 2.79. The van der Waals surface area contributed by atoms with Gasteiger partial charge in [0, 0.05) is 20.2 Å². The summed E-state index contributed by atoms with van der Waals surface area (Å²) in [7, 11) is 1.60. The van der Waals surface area contributed by atoms with Crippen molar-refractivity contribution in [2.45, 2.75) is 40.0 Å². The fourth-order valence-corrected chi connectivity index (χ4v) is 1.75. The Morgan fingerprint density at radius 3 is 2.59 bits per heavy atom. The van der Waals surface area contributed by atoms with Gasteiger partial charge in [0.1, 0.15) is 6.61 Å². The first-order valence-corrected chi connectivity index (χ1v) is 6.64. The van der Waals surface area contributed by atoms with Crippen molar-refractivity contribution in [3.63, 3.8) is 0 Å². The quantitative estimate of drug-likeness (QED) is 0.718. The summed E-state index contributed by atoms with van der Waals surface area (Å²) in [6, 6.07) is 0. The molecular formula is C13H27NO3. The van der Waals surface area contributed by atoms with E-state index in [1.165, 1.54) is 6.42 Å². The molecular weight excluding hydrogens is 218 g/mol. The van der Waals surface area contributed by atoms with Gasteiger partial charge in [-0.1, -0.05) is 20.8 Å². The van der Waals surface area contributed by atoms with E-state index in [1.54, 1.807) is 12.0 Å². The molecule has 0 aromatic rings. The summed E-state index contributed by atoms with van der Waals surface area (Å²) in [6.07, 6.45) is 3.18. The van der Waals surface area contributed by atoms with Gasteiger partial charge in [-0.3, -0.25) is 0 Å². The minimum absolute atomic E-state index is 0.193. The Morgan fingerprint density at radius 2 is 1.94 bits per heavy atom. The maximum absolute atomic E-state index is 11.6. The molecule has 4 nitrogen and oxygen atoms in total. The van der Waals surface area contributed by atoms with Crippen molar-refractivity contribution in [3.05, 3.63) is 0 Å². The van der Waals surface area contributed by atoms with E-state index in [0.29, 0.717) is 13.2 Å². The van der Waals surface area contributed by atoms with Crippen LogP contribution in [0.15, 0.2) is 0 Å². The Balaban J connectivity index is 0.00000121. The molecule has 0 radical (unpaired) electrons. The van der Waals surface area contributed by atoms with Crippen molar-refractivity contribution in [3.8, 4) is 0 Å². The minimum Gasteiger partial charge on any atom is -0.447 e. The Morgan fingerprint density at radius 1 is 1.24 bits per heavy atom. The molecule has 17 heavy (non-hydrogen) atoms. The highest BCUT2D eigenvalue weighted by molar-refractivity contribution is 5.67. The zero-order chi connectivity index (χ0) is 13.1. The monoisotopic (exact) mass is 245 g/mol. The number of hydrogen-bond donors (Lipinski definition) is 0. The SMILES string of the molecule is CC.COCCOC(=O)N1CCCC(C)CC1. The molecule has 1 rings (SSSR count). The first-order valence-electron chi connectivity index (χ1n) is 6.64. The summed E-state index contributed by atoms with van der Waals surface area (Å²) in [6.45, 7) is 8.71. The van der Waals surface area contributed by atoms with Gasteiger partial charge < -0.3 is 14.4 Å². The molecule has 1 aliphatic heterocycles. The summed E-state index contributed by atoms with van der Waals surface area (Å²) in [5.41, 5.74) is 0. The van der Waals surface area contributed by atoms with Gasteiger partial charge >= 0.3 is 6.09 Å². The Labute approximate surface area is 105 Å². The van der Waals surface area contributed by atoms with Crippen molar-refractivity contribution in [1.29, 1.82) is 0 Å². The van der Waals surface area contributed by atoms with Crippen LogP contribution in [0.1, 0.15) is 40.0 Å². The van der Waals surface area contributed by atoms with Crippen LogP contribution in [0.4, 0.5) is 4.79 Å². The fourth-order valence-electron chi connectivity index (χ4n) is 1.75. The Kier molecular flexibility index (Phi) is 9.92. The normalized spacial score (nSPS) is 20.0. The van der Waals surface area contributed by atoms with Gasteiger partial charge in [-0.05, 0) is 25.2 Å². The molecule has 1 aliphatic rings. The summed E-state index contributed by atoms with van der Waals surface area (Å²) in [5, 5.41) is 0. The highest BCUT2D eigenvalue weighted by Crippen LogP contribution is 2.16. The van der Waals surface area contributed by atoms with Crippen LogP contribution in [0, 0.1) is 5.92 Å². The van der Waals surface area contributed by atoms with Crippen LogP contribution in [0.5, 0.6) is 0 Å². The molecule has 0 bridgehead atoms. The van der Waals surface area contributed by atoms with E-state index in [9.17, 15) is 4.79 Å². The lowest BCUT2D eigenvalue weighted by Gasteiger charge is -2.19. The molecule has 0 saturated carbocycles. The molecule has 1 heterocycles. The zero-order valence-corrected chi connectivity index (χ0v) is 11.7. The van der Waals surface area contributed by atoms with Gasteiger partial charge in [-0.25, -0.2) is 4.79 Å². The van der Waals surface area contributed by atoms with Gasteiger partial charge in [-0.2, -0.15) is 0 Å². The smallest absolute Gasteiger partial charge is 0.409 e. The lowest BCUT2D eigenvalue weighted by Crippen LogP contribution is -2.33. The third kappa shape index (κ3) is 7.21. The first-order chi connectivity index (χ1) is 8.24. The number of amides is 1. The molecule has 1 amide bonds. The predicted octanol–water partition coefficient (Wildman–Crippen LogP) is 2.92. The number of rotatable bonds is 3. The Bertz CT molecular complexity index is 197. The highest BCUT2D eigenvalue weighted by Gasteiger charge is 2.19. The van der Waals surface area contributed by atoms with Crippen LogP contribution < -0.4 is 0 Å². The minimum atomic E-state index is -0.193. The van der Waals surface area contributed by atoms with E-state index in [-0.39, 0.29) is 6.09 Å². The topological polar surface area (TPSA) is 38.8 Å². The van der Waals surface area contributed by atoms with Crippen LogP contribution in [-0.2, 0) is 9.47 Å². The molecule has 102 valence electrons. The molecule has 0 spiro atoms. The van der Waals surface area contributed by atoms with E-state index < -0.39 is 0 Å². The van der Waals surface area contributed by atoms with Crippen LogP contribution >= 0.6 is 0 Å². The molecule has 0 aromatic carbocycles.